The molecule has 2 amide bonds. The molecule has 1 fully saturated rings. The molecule has 1 saturated heterocycles. The fourth-order valence-corrected chi connectivity index (χ4v) is 4.23. The van der Waals surface area contributed by atoms with Gasteiger partial charge in [0.1, 0.15) is 0 Å². The van der Waals surface area contributed by atoms with Crippen LogP contribution in [0.4, 0.5) is 0 Å². The molecule has 2 aromatic rings. The monoisotopic (exact) mass is 371 g/mol. The van der Waals surface area contributed by atoms with Crippen LogP contribution >= 0.6 is 11.3 Å². The maximum atomic E-state index is 12.8. The van der Waals surface area contributed by atoms with Gasteiger partial charge in [-0.05, 0) is 35.9 Å². The predicted molar refractivity (Wildman–Crippen MR) is 98.0 cm³/mol. The minimum Gasteiger partial charge on any atom is -0.376 e. The molecular weight excluding hydrogens is 350 g/mol. The lowest BCUT2D eigenvalue weighted by Crippen LogP contribution is -2.45. The number of nitrogens with zero attached hydrogens (tertiary/aromatic N) is 2. The first-order valence-corrected chi connectivity index (χ1v) is 9.76. The maximum Gasteiger partial charge on any atom is 0.264 e. The molecule has 6 nitrogen and oxygen atoms in total. The van der Waals surface area contributed by atoms with Crippen LogP contribution in [0, 0.1) is 0 Å². The molecule has 26 heavy (non-hydrogen) atoms. The molecule has 0 aromatic carbocycles. The highest BCUT2D eigenvalue weighted by Gasteiger charge is 2.34. The Morgan fingerprint density at radius 1 is 1.35 bits per heavy atom. The number of ether oxygens (including phenoxy) is 1. The Bertz CT molecular complexity index is 787. The van der Waals surface area contributed by atoms with E-state index in [0.29, 0.717) is 24.5 Å². The van der Waals surface area contributed by atoms with Crippen LogP contribution in [0.2, 0.25) is 0 Å². The lowest BCUT2D eigenvalue weighted by molar-refractivity contribution is -0.123. The lowest BCUT2D eigenvalue weighted by Gasteiger charge is -2.33. The summed E-state index contributed by atoms with van der Waals surface area (Å²) in [6.07, 6.45) is 3.81. The van der Waals surface area contributed by atoms with E-state index in [2.05, 4.69) is 10.3 Å². The van der Waals surface area contributed by atoms with Crippen LogP contribution in [0.3, 0.4) is 0 Å². The van der Waals surface area contributed by atoms with Crippen molar-refractivity contribution in [3.05, 3.63) is 52.0 Å². The second kappa shape index (κ2) is 7.55. The molecule has 0 bridgehead atoms. The van der Waals surface area contributed by atoms with Crippen molar-refractivity contribution in [1.82, 2.24) is 15.2 Å². The molecule has 0 radical (unpaired) electrons. The number of hydrogen-bond acceptors (Lipinski definition) is 5. The van der Waals surface area contributed by atoms with E-state index in [0.717, 1.165) is 30.7 Å². The van der Waals surface area contributed by atoms with E-state index in [1.807, 2.05) is 29.6 Å². The first-order valence-electron chi connectivity index (χ1n) is 8.88. The summed E-state index contributed by atoms with van der Waals surface area (Å²) in [5.41, 5.74) is 1.70. The minimum absolute atomic E-state index is 0.0357. The number of pyridine rings is 1. The summed E-state index contributed by atoms with van der Waals surface area (Å²) in [5.74, 6) is -0.583. The number of fused-ring (bicyclic) bond motifs is 1. The Morgan fingerprint density at radius 3 is 3.04 bits per heavy atom. The molecule has 0 aliphatic carbocycles. The number of hydrogen-bond donors (Lipinski definition) is 1. The van der Waals surface area contributed by atoms with Crippen LogP contribution in [0.15, 0.2) is 35.8 Å². The van der Waals surface area contributed by atoms with Gasteiger partial charge in [-0.1, -0.05) is 12.1 Å². The van der Waals surface area contributed by atoms with Gasteiger partial charge in [-0.25, -0.2) is 0 Å². The van der Waals surface area contributed by atoms with E-state index in [4.69, 9.17) is 4.74 Å². The summed E-state index contributed by atoms with van der Waals surface area (Å²) in [7, 11) is 0. The number of rotatable bonds is 4. The summed E-state index contributed by atoms with van der Waals surface area (Å²) in [5, 5.41) is 4.88. The summed E-state index contributed by atoms with van der Waals surface area (Å²) in [6, 6.07) is 7.47. The highest BCUT2D eigenvalue weighted by Crippen LogP contribution is 2.28. The standard InChI is InChI=1S/C19H21N3O3S/c23-18(21-10-14-5-2-8-25-14)15-12-22(19(24)16-6-3-9-26-16)11-13-4-1-7-20-17(13)15/h1,3-4,6-7,9,14-15H,2,5,8,10-12H2,(H,21,23). The van der Waals surface area contributed by atoms with Gasteiger partial charge < -0.3 is 15.0 Å². The molecule has 7 heteroatoms. The van der Waals surface area contributed by atoms with E-state index < -0.39 is 5.92 Å². The maximum absolute atomic E-state index is 12.8. The highest BCUT2D eigenvalue weighted by atomic mass is 32.1. The average molecular weight is 371 g/mol. The third-order valence-electron chi connectivity index (χ3n) is 4.88. The quantitative estimate of drug-likeness (QED) is 0.894. The van der Waals surface area contributed by atoms with Crippen LogP contribution < -0.4 is 5.32 Å². The largest absolute Gasteiger partial charge is 0.376 e. The van der Waals surface area contributed by atoms with Gasteiger partial charge in [0, 0.05) is 32.4 Å². The second-order valence-corrected chi connectivity index (χ2v) is 7.59. The number of amides is 2. The average Bonchev–Trinajstić information content (AvgIpc) is 3.38. The number of carbonyl (C=O) groups is 2. The smallest absolute Gasteiger partial charge is 0.264 e. The number of thiophene rings is 1. The van der Waals surface area contributed by atoms with Crippen molar-refractivity contribution < 1.29 is 14.3 Å². The molecule has 4 heterocycles. The van der Waals surface area contributed by atoms with Crippen LogP contribution in [-0.4, -0.2) is 47.5 Å². The second-order valence-electron chi connectivity index (χ2n) is 6.64. The molecule has 0 saturated carbocycles. The van der Waals surface area contributed by atoms with E-state index in [9.17, 15) is 9.59 Å². The minimum atomic E-state index is -0.453. The fraction of sp³-hybridized carbons (Fsp3) is 0.421. The van der Waals surface area contributed by atoms with Gasteiger partial charge in [0.15, 0.2) is 0 Å². The van der Waals surface area contributed by atoms with Crippen molar-refractivity contribution in [1.29, 1.82) is 0 Å². The summed E-state index contributed by atoms with van der Waals surface area (Å²) in [6.45, 7) is 2.10. The fourth-order valence-electron chi connectivity index (χ4n) is 3.54. The van der Waals surface area contributed by atoms with Gasteiger partial charge in [-0.15, -0.1) is 11.3 Å². The predicted octanol–water partition coefficient (Wildman–Crippen LogP) is 2.18. The zero-order valence-corrected chi connectivity index (χ0v) is 15.2. The Morgan fingerprint density at radius 2 is 2.27 bits per heavy atom. The van der Waals surface area contributed by atoms with Gasteiger partial charge in [0.25, 0.3) is 5.91 Å². The van der Waals surface area contributed by atoms with Crippen molar-refractivity contribution in [2.24, 2.45) is 0 Å². The zero-order chi connectivity index (χ0) is 17.9. The van der Waals surface area contributed by atoms with Gasteiger partial charge in [-0.3, -0.25) is 14.6 Å². The zero-order valence-electron chi connectivity index (χ0n) is 14.4. The molecule has 2 atom stereocenters. The van der Waals surface area contributed by atoms with Gasteiger partial charge in [0.2, 0.25) is 5.91 Å². The van der Waals surface area contributed by atoms with Crippen LogP contribution in [0.25, 0.3) is 0 Å². The Kier molecular flexibility index (Phi) is 4.99. The third-order valence-corrected chi connectivity index (χ3v) is 5.74. The summed E-state index contributed by atoms with van der Waals surface area (Å²) >= 11 is 1.42. The molecular formula is C19H21N3O3S. The number of nitrogens with one attached hydrogen (secondary N) is 1. The molecule has 1 N–H and O–H groups in total. The lowest BCUT2D eigenvalue weighted by atomic mass is 9.93. The van der Waals surface area contributed by atoms with E-state index in [1.165, 1.54) is 11.3 Å². The van der Waals surface area contributed by atoms with Crippen LogP contribution in [0.1, 0.15) is 39.7 Å². The molecule has 0 spiro atoms. The molecule has 136 valence electrons. The SMILES string of the molecule is O=C(NCC1CCCO1)C1CN(C(=O)c2cccs2)Cc2cccnc21. The van der Waals surface area contributed by atoms with E-state index in [-0.39, 0.29) is 17.9 Å². The summed E-state index contributed by atoms with van der Waals surface area (Å²) < 4.78 is 5.57. The van der Waals surface area contributed by atoms with Gasteiger partial charge >= 0.3 is 0 Å². The number of carbonyl (C=O) groups excluding carboxylic acids is 2. The van der Waals surface area contributed by atoms with Crippen molar-refractivity contribution in [2.45, 2.75) is 31.4 Å². The number of aromatic nitrogens is 1. The summed E-state index contributed by atoms with van der Waals surface area (Å²) in [4.78, 5) is 32.5. The Labute approximate surface area is 156 Å². The van der Waals surface area contributed by atoms with Crippen molar-refractivity contribution in [2.75, 3.05) is 19.7 Å². The Hall–Kier alpha value is -2.25. The molecule has 2 aliphatic rings. The van der Waals surface area contributed by atoms with Gasteiger partial charge in [-0.2, -0.15) is 0 Å². The molecule has 2 unspecified atom stereocenters. The van der Waals surface area contributed by atoms with Gasteiger partial charge in [0.05, 0.1) is 22.6 Å². The normalized spacial score (nSPS) is 22.1. The highest BCUT2D eigenvalue weighted by molar-refractivity contribution is 7.12. The van der Waals surface area contributed by atoms with Crippen LogP contribution in [0.5, 0.6) is 0 Å². The van der Waals surface area contributed by atoms with Crippen LogP contribution in [-0.2, 0) is 16.1 Å². The first kappa shape index (κ1) is 17.2. The van der Waals surface area contributed by atoms with Crippen molar-refractivity contribution in [3.8, 4) is 0 Å². The first-order chi connectivity index (χ1) is 12.7. The molecule has 2 aliphatic heterocycles. The Balaban J connectivity index is 1.52. The molecule has 4 rings (SSSR count). The topological polar surface area (TPSA) is 71.5 Å². The van der Waals surface area contributed by atoms with E-state index in [1.54, 1.807) is 11.1 Å². The molecule has 2 aromatic heterocycles. The third kappa shape index (κ3) is 3.50. The van der Waals surface area contributed by atoms with E-state index >= 15 is 0 Å². The van der Waals surface area contributed by atoms with Crippen molar-refractivity contribution >= 4 is 23.2 Å². The van der Waals surface area contributed by atoms with Crippen molar-refractivity contribution in [3.63, 3.8) is 0 Å².